The normalized spacial score (nSPS) is 41.6. The molecule has 2 saturated carbocycles. The van der Waals surface area contributed by atoms with Crippen molar-refractivity contribution in [3.05, 3.63) is 0 Å². The molecule has 3 unspecified atom stereocenters. The smallest absolute Gasteiger partial charge is 0.0260 e. The number of fused-ring (bicyclic) bond motifs is 1. The van der Waals surface area contributed by atoms with Crippen molar-refractivity contribution in [3.8, 4) is 0 Å². The standard InChI is InChI=1S/C16H30/c1-5-7-8-9-12(3)10-11-13-14-15(13)16(14,4)6-2/h12-15H,5-11H2,1-4H3. The average molecular weight is 222 g/mol. The lowest BCUT2D eigenvalue weighted by atomic mass is 9.84. The van der Waals surface area contributed by atoms with Gasteiger partial charge in [0.2, 0.25) is 0 Å². The van der Waals surface area contributed by atoms with Gasteiger partial charge in [-0.25, -0.2) is 0 Å². The van der Waals surface area contributed by atoms with Gasteiger partial charge in [-0.2, -0.15) is 0 Å². The Bertz CT molecular complexity index is 220. The van der Waals surface area contributed by atoms with Gasteiger partial charge in [-0.05, 0) is 35.5 Å². The summed E-state index contributed by atoms with van der Waals surface area (Å²) in [7, 11) is 0. The summed E-state index contributed by atoms with van der Waals surface area (Å²) in [5.41, 5.74) is 0.802. The van der Waals surface area contributed by atoms with Crippen LogP contribution in [0.3, 0.4) is 0 Å². The first-order valence-electron chi connectivity index (χ1n) is 7.65. The monoisotopic (exact) mass is 222 g/mol. The lowest BCUT2D eigenvalue weighted by Crippen LogP contribution is -2.12. The maximum atomic E-state index is 2.50. The van der Waals surface area contributed by atoms with E-state index in [9.17, 15) is 0 Å². The predicted molar refractivity (Wildman–Crippen MR) is 71.4 cm³/mol. The molecule has 0 bridgehead atoms. The first kappa shape index (κ1) is 12.5. The van der Waals surface area contributed by atoms with E-state index in [1.54, 1.807) is 0 Å². The van der Waals surface area contributed by atoms with Crippen LogP contribution in [0, 0.1) is 29.1 Å². The van der Waals surface area contributed by atoms with Crippen LogP contribution in [0.4, 0.5) is 0 Å². The zero-order valence-corrected chi connectivity index (χ0v) is 11.8. The Hall–Kier alpha value is 0. The largest absolute Gasteiger partial charge is 0.0654 e. The van der Waals surface area contributed by atoms with Gasteiger partial charge in [0, 0.05) is 0 Å². The molecule has 16 heavy (non-hydrogen) atoms. The van der Waals surface area contributed by atoms with E-state index < -0.39 is 0 Å². The van der Waals surface area contributed by atoms with E-state index in [4.69, 9.17) is 0 Å². The number of rotatable bonds is 8. The van der Waals surface area contributed by atoms with Crippen LogP contribution in [0.15, 0.2) is 0 Å². The van der Waals surface area contributed by atoms with Crippen molar-refractivity contribution in [2.45, 2.75) is 72.6 Å². The summed E-state index contributed by atoms with van der Waals surface area (Å²) in [4.78, 5) is 0. The fraction of sp³-hybridized carbons (Fsp3) is 1.00. The SMILES string of the molecule is CCCCCC(C)CCC1C2C1C2(C)CC. The van der Waals surface area contributed by atoms with Crippen LogP contribution >= 0.6 is 0 Å². The van der Waals surface area contributed by atoms with E-state index >= 15 is 0 Å². The molecule has 0 amide bonds. The second kappa shape index (κ2) is 4.70. The average Bonchev–Trinajstić information content (AvgIpc) is 3.14. The van der Waals surface area contributed by atoms with E-state index in [1.807, 2.05) is 0 Å². The van der Waals surface area contributed by atoms with Crippen molar-refractivity contribution in [1.29, 1.82) is 0 Å². The zero-order chi connectivity index (χ0) is 11.8. The summed E-state index contributed by atoms with van der Waals surface area (Å²) in [6.45, 7) is 9.64. The van der Waals surface area contributed by atoms with Gasteiger partial charge in [0.05, 0.1) is 0 Å². The summed E-state index contributed by atoms with van der Waals surface area (Å²) in [6.07, 6.45) is 10.2. The topological polar surface area (TPSA) is 0 Å². The third-order valence-electron chi connectivity index (χ3n) is 5.64. The van der Waals surface area contributed by atoms with E-state index in [0.717, 1.165) is 29.1 Å². The molecule has 94 valence electrons. The van der Waals surface area contributed by atoms with Gasteiger partial charge < -0.3 is 0 Å². The quantitative estimate of drug-likeness (QED) is 0.490. The van der Waals surface area contributed by atoms with Crippen LogP contribution in [0.25, 0.3) is 0 Å². The second-order valence-corrected chi connectivity index (χ2v) is 6.75. The molecule has 2 fully saturated rings. The molecule has 0 nitrogen and oxygen atoms in total. The number of hydrogen-bond donors (Lipinski definition) is 0. The Balaban J connectivity index is 1.51. The van der Waals surface area contributed by atoms with Crippen LogP contribution in [-0.2, 0) is 0 Å². The van der Waals surface area contributed by atoms with Gasteiger partial charge in [0.15, 0.2) is 0 Å². The molecule has 0 heteroatoms. The molecule has 2 aliphatic carbocycles. The molecule has 0 saturated heterocycles. The first-order valence-corrected chi connectivity index (χ1v) is 7.65. The lowest BCUT2D eigenvalue weighted by molar-refractivity contribution is 0.287. The first-order chi connectivity index (χ1) is 7.65. The van der Waals surface area contributed by atoms with E-state index in [0.29, 0.717) is 0 Å². The van der Waals surface area contributed by atoms with Gasteiger partial charge in [0.1, 0.15) is 0 Å². The van der Waals surface area contributed by atoms with Crippen LogP contribution in [0.1, 0.15) is 72.6 Å². The summed E-state index contributed by atoms with van der Waals surface area (Å²) < 4.78 is 0. The van der Waals surface area contributed by atoms with Gasteiger partial charge in [0.25, 0.3) is 0 Å². The lowest BCUT2D eigenvalue weighted by Gasteiger charge is -2.21. The molecule has 2 rings (SSSR count). The Morgan fingerprint density at radius 2 is 1.75 bits per heavy atom. The van der Waals surface area contributed by atoms with Gasteiger partial charge >= 0.3 is 0 Å². The third-order valence-corrected chi connectivity index (χ3v) is 5.64. The van der Waals surface area contributed by atoms with Crippen molar-refractivity contribution >= 4 is 0 Å². The molecule has 0 N–H and O–H groups in total. The Kier molecular flexibility index (Phi) is 3.66. The summed E-state index contributed by atoms with van der Waals surface area (Å²) in [5.74, 6) is 4.44. The molecule has 2 aliphatic rings. The van der Waals surface area contributed by atoms with Crippen molar-refractivity contribution < 1.29 is 0 Å². The highest BCUT2D eigenvalue weighted by molar-refractivity contribution is 5.26. The van der Waals surface area contributed by atoms with Gasteiger partial charge in [-0.3, -0.25) is 0 Å². The van der Waals surface area contributed by atoms with Crippen LogP contribution in [0.2, 0.25) is 0 Å². The van der Waals surface area contributed by atoms with Crippen LogP contribution < -0.4 is 0 Å². The molecule has 0 aromatic heterocycles. The minimum Gasteiger partial charge on any atom is -0.0654 e. The maximum absolute atomic E-state index is 2.50. The van der Waals surface area contributed by atoms with Crippen molar-refractivity contribution in [1.82, 2.24) is 0 Å². The third kappa shape index (κ3) is 2.17. The fourth-order valence-corrected chi connectivity index (χ4v) is 4.07. The predicted octanol–water partition coefficient (Wildman–Crippen LogP) is 5.28. The minimum absolute atomic E-state index is 0.802. The Morgan fingerprint density at radius 3 is 2.31 bits per heavy atom. The Labute approximate surface area is 102 Å². The van der Waals surface area contributed by atoms with E-state index in [-0.39, 0.29) is 0 Å². The van der Waals surface area contributed by atoms with Crippen molar-refractivity contribution in [2.24, 2.45) is 29.1 Å². The Morgan fingerprint density at radius 1 is 1.06 bits per heavy atom. The van der Waals surface area contributed by atoms with Crippen LogP contribution in [0.5, 0.6) is 0 Å². The molecular weight excluding hydrogens is 192 g/mol. The molecule has 0 radical (unpaired) electrons. The van der Waals surface area contributed by atoms with E-state index in [2.05, 4.69) is 27.7 Å². The minimum atomic E-state index is 0.802. The molecule has 0 heterocycles. The van der Waals surface area contributed by atoms with Gasteiger partial charge in [-0.15, -0.1) is 0 Å². The van der Waals surface area contributed by atoms with Crippen molar-refractivity contribution in [3.63, 3.8) is 0 Å². The summed E-state index contributed by atoms with van der Waals surface area (Å²) in [6, 6.07) is 0. The van der Waals surface area contributed by atoms with Crippen LogP contribution in [-0.4, -0.2) is 0 Å². The van der Waals surface area contributed by atoms with Crippen molar-refractivity contribution in [2.75, 3.05) is 0 Å². The second-order valence-electron chi connectivity index (χ2n) is 6.75. The molecule has 0 aliphatic heterocycles. The highest BCUT2D eigenvalue weighted by atomic mass is 14.8. The van der Waals surface area contributed by atoms with E-state index in [1.165, 1.54) is 44.9 Å². The van der Waals surface area contributed by atoms with Gasteiger partial charge in [-0.1, -0.05) is 66.2 Å². The molecule has 0 spiro atoms. The molecule has 0 aromatic carbocycles. The summed E-state index contributed by atoms with van der Waals surface area (Å²) >= 11 is 0. The molecule has 0 aromatic rings. The number of unbranched alkanes of at least 4 members (excludes halogenated alkanes) is 2. The number of hydrogen-bond acceptors (Lipinski definition) is 0. The fourth-order valence-electron chi connectivity index (χ4n) is 4.07. The molecule has 3 atom stereocenters. The highest BCUT2D eigenvalue weighted by Gasteiger charge is 2.78. The molecular formula is C16H30. The highest BCUT2D eigenvalue weighted by Crippen LogP contribution is 2.83. The summed E-state index contributed by atoms with van der Waals surface area (Å²) in [5, 5.41) is 0. The maximum Gasteiger partial charge on any atom is -0.0260 e. The zero-order valence-electron chi connectivity index (χ0n) is 11.8.